The number of nitrogens with zero attached hydrogens (tertiary/aromatic N) is 3. The molecule has 1 aliphatic rings. The second-order valence-corrected chi connectivity index (χ2v) is 5.99. The Bertz CT molecular complexity index is 828. The van der Waals surface area contributed by atoms with Crippen molar-refractivity contribution in [2.45, 2.75) is 12.3 Å². The summed E-state index contributed by atoms with van der Waals surface area (Å²) in [6, 6.07) is 9.80. The average Bonchev–Trinajstić information content (AvgIpc) is 3.27. The van der Waals surface area contributed by atoms with Crippen LogP contribution in [0.2, 0.25) is 0 Å². The molecule has 1 aliphatic heterocycles. The van der Waals surface area contributed by atoms with Crippen LogP contribution < -0.4 is 9.47 Å². The minimum Gasteiger partial charge on any atom is -0.457 e. The lowest BCUT2D eigenvalue weighted by molar-refractivity contribution is 0.174. The van der Waals surface area contributed by atoms with Gasteiger partial charge in [0.15, 0.2) is 23.1 Å². The van der Waals surface area contributed by atoms with Crippen molar-refractivity contribution < 1.29 is 13.9 Å². The summed E-state index contributed by atoms with van der Waals surface area (Å²) >= 11 is 1.72. The Morgan fingerprint density at radius 3 is 3.00 bits per heavy atom. The van der Waals surface area contributed by atoms with Crippen molar-refractivity contribution in [3.05, 3.63) is 48.0 Å². The molecule has 0 bridgehead atoms. The maximum absolute atomic E-state index is 5.83. The second kappa shape index (κ2) is 6.00. The zero-order chi connectivity index (χ0) is 15.6. The lowest BCUT2D eigenvalue weighted by Crippen LogP contribution is -2.03. The van der Waals surface area contributed by atoms with Crippen molar-refractivity contribution in [3.8, 4) is 23.1 Å². The highest BCUT2D eigenvalue weighted by atomic mass is 32.2. The molecule has 4 rings (SSSR count). The number of fused-ring (bicyclic) bond motifs is 1. The maximum Gasteiger partial charge on any atom is 0.231 e. The fraction of sp³-hybridized carbons (Fsp3) is 0.250. The predicted molar refractivity (Wildman–Crippen MR) is 86.6 cm³/mol. The van der Waals surface area contributed by atoms with E-state index >= 15 is 0 Å². The molecule has 1 aromatic carbocycles. The fourth-order valence-corrected chi connectivity index (χ4v) is 2.94. The van der Waals surface area contributed by atoms with Gasteiger partial charge in [-0.05, 0) is 36.1 Å². The topological polar surface area (TPSA) is 62.3 Å². The molecule has 0 aliphatic carbocycles. The standard InChI is InChI=1S/C16H15N3O3S/c1-23-8-12-3-5-14(22-12)16-17-9-18-19(16)7-11-2-4-13-15(6-11)21-10-20-13/h2-6,9H,7-8,10H2,1H3. The molecule has 0 saturated carbocycles. The highest BCUT2D eigenvalue weighted by Gasteiger charge is 2.16. The molecular weight excluding hydrogens is 314 g/mol. The molecule has 0 radical (unpaired) electrons. The van der Waals surface area contributed by atoms with Gasteiger partial charge in [-0.2, -0.15) is 16.9 Å². The van der Waals surface area contributed by atoms with Gasteiger partial charge in [0.1, 0.15) is 12.1 Å². The van der Waals surface area contributed by atoms with E-state index in [0.29, 0.717) is 6.54 Å². The van der Waals surface area contributed by atoms with Gasteiger partial charge < -0.3 is 13.9 Å². The third kappa shape index (κ3) is 2.79. The molecule has 6 nitrogen and oxygen atoms in total. The quantitative estimate of drug-likeness (QED) is 0.716. The van der Waals surface area contributed by atoms with E-state index in [4.69, 9.17) is 13.9 Å². The largest absolute Gasteiger partial charge is 0.457 e. The number of thioether (sulfide) groups is 1. The summed E-state index contributed by atoms with van der Waals surface area (Å²) in [4.78, 5) is 4.32. The summed E-state index contributed by atoms with van der Waals surface area (Å²) in [6.07, 6.45) is 3.59. The fourth-order valence-electron chi connectivity index (χ4n) is 2.50. The molecule has 3 aromatic rings. The van der Waals surface area contributed by atoms with Crippen LogP contribution in [0.1, 0.15) is 11.3 Å². The van der Waals surface area contributed by atoms with Crippen molar-refractivity contribution >= 4 is 11.8 Å². The number of hydrogen-bond acceptors (Lipinski definition) is 6. The highest BCUT2D eigenvalue weighted by molar-refractivity contribution is 7.97. The minimum absolute atomic E-state index is 0.276. The van der Waals surface area contributed by atoms with Crippen molar-refractivity contribution in [1.82, 2.24) is 14.8 Å². The predicted octanol–water partition coefficient (Wildman–Crippen LogP) is 3.18. The van der Waals surface area contributed by atoms with E-state index in [2.05, 4.69) is 10.1 Å². The van der Waals surface area contributed by atoms with E-state index in [1.165, 1.54) is 0 Å². The van der Waals surface area contributed by atoms with Crippen molar-refractivity contribution in [2.75, 3.05) is 13.0 Å². The van der Waals surface area contributed by atoms with Crippen LogP contribution in [0, 0.1) is 0 Å². The Morgan fingerprint density at radius 1 is 1.17 bits per heavy atom. The van der Waals surface area contributed by atoms with E-state index in [9.17, 15) is 0 Å². The lowest BCUT2D eigenvalue weighted by atomic mass is 10.2. The molecule has 0 amide bonds. The van der Waals surface area contributed by atoms with Gasteiger partial charge in [-0.15, -0.1) is 0 Å². The summed E-state index contributed by atoms with van der Waals surface area (Å²) in [7, 11) is 0. The number of furan rings is 1. The first-order valence-electron chi connectivity index (χ1n) is 7.18. The molecule has 0 unspecified atom stereocenters. The van der Waals surface area contributed by atoms with Crippen LogP contribution in [0.15, 0.2) is 41.1 Å². The maximum atomic E-state index is 5.83. The zero-order valence-corrected chi connectivity index (χ0v) is 13.4. The second-order valence-electron chi connectivity index (χ2n) is 5.13. The SMILES string of the molecule is CSCc1ccc(-c2ncnn2Cc2ccc3c(c2)OCO3)o1. The van der Waals surface area contributed by atoms with Crippen LogP contribution in [0.5, 0.6) is 11.5 Å². The summed E-state index contributed by atoms with van der Waals surface area (Å²) in [5.41, 5.74) is 1.07. The molecule has 118 valence electrons. The first kappa shape index (κ1) is 14.2. The number of hydrogen-bond donors (Lipinski definition) is 0. The van der Waals surface area contributed by atoms with Crippen LogP contribution >= 0.6 is 11.8 Å². The number of ether oxygens (including phenoxy) is 2. The van der Waals surface area contributed by atoms with Gasteiger partial charge >= 0.3 is 0 Å². The van der Waals surface area contributed by atoms with Crippen LogP contribution in [0.4, 0.5) is 0 Å². The number of rotatable bonds is 5. The van der Waals surface area contributed by atoms with E-state index in [1.807, 2.05) is 41.3 Å². The highest BCUT2D eigenvalue weighted by Crippen LogP contribution is 2.33. The summed E-state index contributed by atoms with van der Waals surface area (Å²) in [5, 5.41) is 4.30. The molecule has 23 heavy (non-hydrogen) atoms. The Kier molecular flexibility index (Phi) is 3.70. The summed E-state index contributed by atoms with van der Waals surface area (Å²) in [6.45, 7) is 0.864. The van der Waals surface area contributed by atoms with Crippen LogP contribution in [-0.4, -0.2) is 27.8 Å². The van der Waals surface area contributed by atoms with Gasteiger partial charge in [-0.1, -0.05) is 6.07 Å². The van der Waals surface area contributed by atoms with Crippen LogP contribution in [0.25, 0.3) is 11.6 Å². The molecule has 0 N–H and O–H groups in total. The summed E-state index contributed by atoms with van der Waals surface area (Å²) in [5.74, 6) is 4.77. The van der Waals surface area contributed by atoms with Crippen molar-refractivity contribution in [3.63, 3.8) is 0 Å². The molecule has 7 heteroatoms. The molecule has 3 heterocycles. The van der Waals surface area contributed by atoms with E-state index in [0.717, 1.165) is 40.2 Å². The van der Waals surface area contributed by atoms with Gasteiger partial charge in [0.2, 0.25) is 6.79 Å². The first-order chi connectivity index (χ1) is 11.3. The van der Waals surface area contributed by atoms with Gasteiger partial charge in [0, 0.05) is 0 Å². The molecule has 0 saturated heterocycles. The third-order valence-electron chi connectivity index (χ3n) is 3.55. The van der Waals surface area contributed by atoms with Gasteiger partial charge in [0.05, 0.1) is 12.3 Å². The van der Waals surface area contributed by atoms with Gasteiger partial charge in [0.25, 0.3) is 0 Å². The molecular formula is C16H15N3O3S. The Hall–Kier alpha value is -2.41. The minimum atomic E-state index is 0.276. The Morgan fingerprint density at radius 2 is 2.09 bits per heavy atom. The normalized spacial score (nSPS) is 12.7. The molecule has 0 fully saturated rings. The summed E-state index contributed by atoms with van der Waals surface area (Å²) < 4.78 is 18.4. The Balaban J connectivity index is 1.59. The zero-order valence-electron chi connectivity index (χ0n) is 12.6. The van der Waals surface area contributed by atoms with Crippen molar-refractivity contribution in [2.24, 2.45) is 0 Å². The average molecular weight is 329 g/mol. The number of benzene rings is 1. The molecule has 0 spiro atoms. The van der Waals surface area contributed by atoms with Gasteiger partial charge in [-0.25, -0.2) is 9.67 Å². The molecule has 2 aromatic heterocycles. The number of aromatic nitrogens is 3. The van der Waals surface area contributed by atoms with E-state index in [1.54, 1.807) is 18.1 Å². The first-order valence-corrected chi connectivity index (χ1v) is 8.57. The third-order valence-corrected chi connectivity index (χ3v) is 4.13. The van der Waals surface area contributed by atoms with Gasteiger partial charge in [-0.3, -0.25) is 0 Å². The van der Waals surface area contributed by atoms with Crippen LogP contribution in [-0.2, 0) is 12.3 Å². The monoisotopic (exact) mass is 329 g/mol. The molecule has 0 atom stereocenters. The smallest absolute Gasteiger partial charge is 0.231 e. The van der Waals surface area contributed by atoms with E-state index in [-0.39, 0.29) is 6.79 Å². The van der Waals surface area contributed by atoms with E-state index < -0.39 is 0 Å². The Labute approximate surface area is 137 Å². The lowest BCUT2D eigenvalue weighted by Gasteiger charge is -2.05. The van der Waals surface area contributed by atoms with Crippen LogP contribution in [0.3, 0.4) is 0 Å². The van der Waals surface area contributed by atoms with Crippen molar-refractivity contribution in [1.29, 1.82) is 0 Å².